The van der Waals surface area contributed by atoms with Crippen LogP contribution in [0.3, 0.4) is 0 Å². The molecule has 0 bridgehead atoms. The minimum Gasteiger partial charge on any atom is -0.339 e. The van der Waals surface area contributed by atoms with E-state index < -0.39 is 0 Å². The van der Waals surface area contributed by atoms with Crippen LogP contribution in [0.4, 0.5) is 0 Å². The standard InChI is InChI=1S/C14H17Cl2N3O/c15-11-6-5-10(8-12(11)16)9-13-18-14(20-19-13)4-2-1-3-7-17/h5-6,8H,1-4,7,9,17H2. The second-order valence-electron chi connectivity index (χ2n) is 4.63. The molecule has 0 radical (unpaired) electrons. The molecule has 0 atom stereocenters. The number of nitrogens with two attached hydrogens (primary N) is 1. The molecule has 0 saturated heterocycles. The average molecular weight is 314 g/mol. The van der Waals surface area contributed by atoms with Gasteiger partial charge in [-0.15, -0.1) is 0 Å². The van der Waals surface area contributed by atoms with E-state index >= 15 is 0 Å². The molecule has 20 heavy (non-hydrogen) atoms. The van der Waals surface area contributed by atoms with Crippen LogP contribution in [-0.2, 0) is 12.8 Å². The highest BCUT2D eigenvalue weighted by atomic mass is 35.5. The Kier molecular flexibility index (Phi) is 5.83. The third-order valence-corrected chi connectivity index (χ3v) is 3.69. The molecule has 1 aromatic carbocycles. The van der Waals surface area contributed by atoms with Crippen LogP contribution in [0.1, 0.15) is 36.5 Å². The summed E-state index contributed by atoms with van der Waals surface area (Å²) < 4.78 is 5.22. The molecule has 108 valence electrons. The van der Waals surface area contributed by atoms with E-state index in [1.807, 2.05) is 12.1 Å². The quantitative estimate of drug-likeness (QED) is 0.792. The molecular weight excluding hydrogens is 297 g/mol. The van der Waals surface area contributed by atoms with Crippen LogP contribution in [0.5, 0.6) is 0 Å². The fraction of sp³-hybridized carbons (Fsp3) is 0.429. The highest BCUT2D eigenvalue weighted by molar-refractivity contribution is 6.42. The molecule has 0 saturated carbocycles. The lowest BCUT2D eigenvalue weighted by molar-refractivity contribution is 0.369. The molecule has 2 N–H and O–H groups in total. The molecule has 6 heteroatoms. The van der Waals surface area contributed by atoms with Crippen molar-refractivity contribution in [2.24, 2.45) is 5.73 Å². The van der Waals surface area contributed by atoms with Gasteiger partial charge in [0.05, 0.1) is 10.0 Å². The molecule has 0 spiro atoms. The number of hydrogen-bond donors (Lipinski definition) is 1. The maximum absolute atomic E-state index is 5.98. The van der Waals surface area contributed by atoms with Crippen molar-refractivity contribution in [2.45, 2.75) is 32.1 Å². The van der Waals surface area contributed by atoms with E-state index in [0.717, 1.165) is 37.8 Å². The Morgan fingerprint density at radius 2 is 1.95 bits per heavy atom. The van der Waals surface area contributed by atoms with Gasteiger partial charge in [0.15, 0.2) is 5.82 Å². The van der Waals surface area contributed by atoms with Crippen molar-refractivity contribution < 1.29 is 4.52 Å². The zero-order chi connectivity index (χ0) is 14.4. The summed E-state index contributed by atoms with van der Waals surface area (Å²) in [6.45, 7) is 0.729. The van der Waals surface area contributed by atoms with Crippen molar-refractivity contribution in [3.05, 3.63) is 45.5 Å². The first kappa shape index (κ1) is 15.3. The van der Waals surface area contributed by atoms with E-state index in [1.165, 1.54) is 0 Å². The number of benzene rings is 1. The normalized spacial score (nSPS) is 10.9. The molecule has 0 unspecified atom stereocenters. The number of aryl methyl sites for hydroxylation is 1. The Morgan fingerprint density at radius 3 is 2.70 bits per heavy atom. The molecule has 4 nitrogen and oxygen atoms in total. The van der Waals surface area contributed by atoms with Crippen molar-refractivity contribution in [3.63, 3.8) is 0 Å². The number of hydrogen-bond acceptors (Lipinski definition) is 4. The summed E-state index contributed by atoms with van der Waals surface area (Å²) in [6, 6.07) is 5.50. The van der Waals surface area contributed by atoms with Gasteiger partial charge in [0.2, 0.25) is 5.89 Å². The maximum atomic E-state index is 5.98. The van der Waals surface area contributed by atoms with Gasteiger partial charge in [-0.25, -0.2) is 0 Å². The van der Waals surface area contributed by atoms with E-state index in [0.29, 0.717) is 28.2 Å². The SMILES string of the molecule is NCCCCCc1nc(Cc2ccc(Cl)c(Cl)c2)no1. The fourth-order valence-electron chi connectivity index (χ4n) is 1.89. The number of nitrogens with zero attached hydrogens (tertiary/aromatic N) is 2. The lowest BCUT2D eigenvalue weighted by Gasteiger charge is -1.99. The summed E-state index contributed by atoms with van der Waals surface area (Å²) in [5.74, 6) is 1.34. The molecule has 0 aliphatic carbocycles. The van der Waals surface area contributed by atoms with Crippen LogP contribution in [0.2, 0.25) is 10.0 Å². The topological polar surface area (TPSA) is 64.9 Å². The highest BCUT2D eigenvalue weighted by Crippen LogP contribution is 2.23. The van der Waals surface area contributed by atoms with Gasteiger partial charge in [-0.05, 0) is 37.1 Å². The molecule has 1 aromatic heterocycles. The Morgan fingerprint density at radius 1 is 1.10 bits per heavy atom. The van der Waals surface area contributed by atoms with Gasteiger partial charge in [-0.1, -0.05) is 40.8 Å². The van der Waals surface area contributed by atoms with Crippen molar-refractivity contribution >= 4 is 23.2 Å². The number of aromatic nitrogens is 2. The number of halogens is 2. The largest absolute Gasteiger partial charge is 0.339 e. The third-order valence-electron chi connectivity index (χ3n) is 2.95. The van der Waals surface area contributed by atoms with Crippen LogP contribution in [0, 0.1) is 0 Å². The maximum Gasteiger partial charge on any atom is 0.226 e. The molecule has 0 amide bonds. The molecular formula is C14H17Cl2N3O. The van der Waals surface area contributed by atoms with E-state index in [1.54, 1.807) is 6.07 Å². The summed E-state index contributed by atoms with van der Waals surface area (Å²) in [5.41, 5.74) is 6.46. The van der Waals surface area contributed by atoms with E-state index in [9.17, 15) is 0 Å². The van der Waals surface area contributed by atoms with Gasteiger partial charge in [-0.2, -0.15) is 4.98 Å². The molecule has 0 fully saturated rings. The second kappa shape index (κ2) is 7.62. The lowest BCUT2D eigenvalue weighted by atomic mass is 10.1. The molecule has 1 heterocycles. The lowest BCUT2D eigenvalue weighted by Crippen LogP contribution is -1.98. The first-order valence-corrected chi connectivity index (χ1v) is 7.40. The van der Waals surface area contributed by atoms with Crippen molar-refractivity contribution in [1.29, 1.82) is 0 Å². The monoisotopic (exact) mass is 313 g/mol. The van der Waals surface area contributed by atoms with E-state index in [-0.39, 0.29) is 0 Å². The Hall–Kier alpha value is -1.10. The minimum absolute atomic E-state index is 0.537. The van der Waals surface area contributed by atoms with Crippen LogP contribution < -0.4 is 5.73 Å². The third kappa shape index (κ3) is 4.47. The van der Waals surface area contributed by atoms with Crippen molar-refractivity contribution in [3.8, 4) is 0 Å². The first-order valence-electron chi connectivity index (χ1n) is 6.64. The molecule has 2 aromatic rings. The first-order chi connectivity index (χ1) is 9.69. The summed E-state index contributed by atoms with van der Waals surface area (Å²) in [7, 11) is 0. The predicted octanol–water partition coefficient (Wildman–Crippen LogP) is 3.64. The number of rotatable bonds is 7. The fourth-order valence-corrected chi connectivity index (χ4v) is 2.21. The number of unbranched alkanes of at least 4 members (excludes halogenated alkanes) is 2. The van der Waals surface area contributed by atoms with Gasteiger partial charge >= 0.3 is 0 Å². The van der Waals surface area contributed by atoms with E-state index in [2.05, 4.69) is 10.1 Å². The summed E-state index contributed by atoms with van der Waals surface area (Å²) in [4.78, 5) is 4.37. The summed E-state index contributed by atoms with van der Waals surface area (Å²) in [6.07, 6.45) is 4.52. The highest BCUT2D eigenvalue weighted by Gasteiger charge is 2.08. The van der Waals surface area contributed by atoms with Crippen LogP contribution in [0.25, 0.3) is 0 Å². The predicted molar refractivity (Wildman–Crippen MR) is 80.2 cm³/mol. The van der Waals surface area contributed by atoms with Crippen LogP contribution in [-0.4, -0.2) is 16.7 Å². The Bertz CT molecular complexity index is 557. The summed E-state index contributed by atoms with van der Waals surface area (Å²) in [5, 5.41) is 5.06. The Labute approximate surface area is 128 Å². The minimum atomic E-state index is 0.537. The van der Waals surface area contributed by atoms with Gasteiger partial charge < -0.3 is 10.3 Å². The molecule has 2 rings (SSSR count). The second-order valence-corrected chi connectivity index (χ2v) is 5.44. The smallest absolute Gasteiger partial charge is 0.226 e. The summed E-state index contributed by atoms with van der Waals surface area (Å²) >= 11 is 11.9. The van der Waals surface area contributed by atoms with Crippen molar-refractivity contribution in [1.82, 2.24) is 10.1 Å². The van der Waals surface area contributed by atoms with Gasteiger partial charge in [0, 0.05) is 12.8 Å². The van der Waals surface area contributed by atoms with Crippen LogP contribution in [0.15, 0.2) is 22.7 Å². The zero-order valence-electron chi connectivity index (χ0n) is 11.1. The van der Waals surface area contributed by atoms with Gasteiger partial charge in [0.25, 0.3) is 0 Å². The van der Waals surface area contributed by atoms with Crippen LogP contribution >= 0.6 is 23.2 Å². The average Bonchev–Trinajstić information content (AvgIpc) is 2.87. The Balaban J connectivity index is 1.90. The van der Waals surface area contributed by atoms with Gasteiger partial charge in [0.1, 0.15) is 0 Å². The van der Waals surface area contributed by atoms with Crippen molar-refractivity contribution in [2.75, 3.05) is 6.54 Å². The molecule has 0 aliphatic rings. The zero-order valence-corrected chi connectivity index (χ0v) is 12.6. The molecule has 0 aliphatic heterocycles. The van der Waals surface area contributed by atoms with Gasteiger partial charge in [-0.3, -0.25) is 0 Å². The van der Waals surface area contributed by atoms with E-state index in [4.69, 9.17) is 33.5 Å².